The fourth-order valence-corrected chi connectivity index (χ4v) is 0. The van der Waals surface area contributed by atoms with E-state index < -0.39 is 0 Å². The van der Waals surface area contributed by atoms with Crippen LogP contribution in [0.4, 0.5) is 0 Å². The molecule has 0 aromatic carbocycles. The second kappa shape index (κ2) is 8.97. The molecule has 2 radical (unpaired) electrons. The number of rotatable bonds is 0. The molecule has 0 saturated heterocycles. The summed E-state index contributed by atoms with van der Waals surface area (Å²) in [5.74, 6) is 0. The Bertz CT molecular complexity index is 29.5. The predicted octanol–water partition coefficient (Wildman–Crippen LogP) is -0.634. The third-order valence-electron chi connectivity index (χ3n) is 0. The second-order valence-electron chi connectivity index (χ2n) is 0.129. The van der Waals surface area contributed by atoms with E-state index in [1.165, 1.54) is 0 Å². The third kappa shape index (κ3) is 11.7. The Morgan fingerprint density at radius 2 is 1.75 bits per heavy atom. The van der Waals surface area contributed by atoms with Gasteiger partial charge in [-0.2, -0.15) is 0 Å². The Morgan fingerprint density at radius 1 is 1.75 bits per heavy atom. The van der Waals surface area contributed by atoms with Gasteiger partial charge in [-0.1, -0.05) is 0 Å². The molecule has 0 rings (SSSR count). The van der Waals surface area contributed by atoms with Crippen molar-refractivity contribution in [3.63, 3.8) is 0 Å². The fourth-order valence-electron chi connectivity index (χ4n) is 0. The van der Waals surface area contributed by atoms with Crippen molar-refractivity contribution in [2.45, 2.75) is 0 Å². The van der Waals surface area contributed by atoms with Crippen molar-refractivity contribution in [3.05, 3.63) is 0 Å². The molecule has 0 heterocycles. The van der Waals surface area contributed by atoms with Crippen LogP contribution in [0, 0.1) is 8.89 Å². The first kappa shape index (κ1) is 8.90. The minimum Gasteiger partial charge on any atom is 0 e. The largest absolute Gasteiger partial charge is 0 e. The van der Waals surface area contributed by atoms with Crippen LogP contribution < -0.4 is 0 Å². The van der Waals surface area contributed by atoms with Crippen molar-refractivity contribution >= 4 is 25.8 Å². The van der Waals surface area contributed by atoms with Gasteiger partial charge in [-0.3, -0.25) is 0 Å². The van der Waals surface area contributed by atoms with E-state index in [0.717, 1.165) is 0 Å². The zero-order valence-electron chi connectivity index (χ0n) is 2.23. The molecule has 0 saturated carbocycles. The first-order valence-corrected chi connectivity index (χ1v) is 2.76. The molecule has 0 aromatic rings. The van der Waals surface area contributed by atoms with Crippen LogP contribution in [0.25, 0.3) is 0 Å². The fraction of sp³-hybridized carbons (Fsp3) is 0. The molecule has 3 heteroatoms. The van der Waals surface area contributed by atoms with Crippen molar-refractivity contribution in [2.75, 3.05) is 0 Å². The van der Waals surface area contributed by atoms with Gasteiger partial charge in [-0.05, 0) is 0 Å². The normalized spacial score (nSPS) is 2.00. The average molecular weight is 300 g/mol. The zero-order valence-corrected chi connectivity index (χ0v) is 9.69. The van der Waals surface area contributed by atoms with Gasteiger partial charge in [0.15, 0.2) is 0 Å². The van der Waals surface area contributed by atoms with Gasteiger partial charge in [0.2, 0.25) is 0 Å². The van der Waals surface area contributed by atoms with Crippen LogP contribution in [-0.2, 0) is 19.5 Å². The minimum atomic E-state index is 0. The summed E-state index contributed by atoms with van der Waals surface area (Å²) in [4.78, 5) is 0. The first-order valence-electron chi connectivity index (χ1n) is 0.512. The average Bonchev–Trinajstić information content (AvgIpc) is 0.918. The molecule has 16 valence electrons. The van der Waals surface area contributed by atoms with Crippen LogP contribution in [0.15, 0.2) is 0 Å². The molecule has 0 aliphatic rings. The molecule has 4 heavy (non-hydrogen) atoms. The molecule has 0 fully saturated rings. The summed E-state index contributed by atoms with van der Waals surface area (Å²) in [5.41, 5.74) is 0. The van der Waals surface area contributed by atoms with Crippen molar-refractivity contribution in [1.29, 1.82) is 5.26 Å². The Balaban J connectivity index is 0. The topological polar surface area (TPSA) is 23.8 Å². The van der Waals surface area contributed by atoms with Crippen molar-refractivity contribution in [2.24, 2.45) is 0 Å². The van der Waals surface area contributed by atoms with Crippen LogP contribution in [0.1, 0.15) is 0 Å². The number of hydrogen-bond donors (Lipinski definition) is 0. The van der Waals surface area contributed by atoms with Crippen molar-refractivity contribution in [1.82, 2.24) is 0 Å². The summed E-state index contributed by atoms with van der Waals surface area (Å²) in [7, 11) is 0. The summed E-state index contributed by atoms with van der Waals surface area (Å²) in [5, 5.41) is 7.39. The Labute approximate surface area is 53.8 Å². The van der Waals surface area contributed by atoms with Crippen molar-refractivity contribution < 1.29 is 19.5 Å². The third-order valence-corrected chi connectivity index (χ3v) is 0. The molecule has 0 amide bonds. The molecule has 1 nitrogen and oxygen atoms in total. The van der Waals surface area contributed by atoms with Crippen molar-refractivity contribution in [3.8, 4) is 3.63 Å². The van der Waals surface area contributed by atoms with E-state index in [2.05, 4.69) is 0 Å². The smallest absolute Gasteiger partial charge is 0 e. The van der Waals surface area contributed by atoms with E-state index in [4.69, 9.17) is 5.26 Å². The molecule has 0 aliphatic carbocycles. The minimum absolute atomic E-state index is 0. The summed E-state index contributed by atoms with van der Waals surface area (Å²) >= 11 is 0.523. The van der Waals surface area contributed by atoms with E-state index in [-0.39, 0.29) is 19.5 Å². The second-order valence-corrected chi connectivity index (χ2v) is 1.13. The molecule has 0 atom stereocenters. The number of nitrogens with zero attached hydrogens (tertiary/aromatic N) is 1. The molecule has 0 aromatic heterocycles. The summed E-state index contributed by atoms with van der Waals surface area (Å²) in [6.45, 7) is 0. The van der Waals surface area contributed by atoms with Gasteiger partial charge in [0.05, 0.1) is 0 Å². The van der Waals surface area contributed by atoms with E-state index in [0.29, 0.717) is 25.8 Å². The van der Waals surface area contributed by atoms with Crippen LogP contribution in [-0.4, -0.2) is 25.8 Å². The van der Waals surface area contributed by atoms with Gasteiger partial charge in [0, 0.05) is 19.5 Å². The molecule has 0 bridgehead atoms. The van der Waals surface area contributed by atoms with Gasteiger partial charge in [0.1, 0.15) is 0 Å². The van der Waals surface area contributed by atoms with Gasteiger partial charge < -0.3 is 0 Å². The zero-order chi connectivity index (χ0) is 2.71. The molecule has 0 unspecified atom stereocenters. The predicted molar refractivity (Wildman–Crippen MR) is 12.8 cm³/mol. The van der Waals surface area contributed by atoms with Crippen LogP contribution in [0.2, 0.25) is 0 Å². The SMILES string of the molecule is N#[C][PbH].[Zn]. The maximum atomic E-state index is 7.39. The number of hydrogen-bond acceptors (Lipinski definition) is 1. The van der Waals surface area contributed by atoms with Crippen LogP contribution in [0.3, 0.4) is 0 Å². The Morgan fingerprint density at radius 3 is 1.75 bits per heavy atom. The summed E-state index contributed by atoms with van der Waals surface area (Å²) in [6.07, 6.45) is 0. The van der Waals surface area contributed by atoms with Crippen LogP contribution in [0.5, 0.6) is 0 Å². The van der Waals surface area contributed by atoms with Gasteiger partial charge >= 0.3 is 34.7 Å². The van der Waals surface area contributed by atoms with E-state index >= 15 is 0 Å². The molecular formula is CHNPbZn. The van der Waals surface area contributed by atoms with E-state index in [1.807, 2.05) is 3.63 Å². The quantitative estimate of drug-likeness (QED) is 0.546. The first-order chi connectivity index (χ1) is 1.41. The molecular weight excluding hydrogens is 299 g/mol. The van der Waals surface area contributed by atoms with Gasteiger partial charge in [-0.15, -0.1) is 0 Å². The Hall–Kier alpha value is 1.04. The summed E-state index contributed by atoms with van der Waals surface area (Å²) in [6, 6.07) is 0. The molecule has 0 spiro atoms. The number of nitriles is 1. The maximum Gasteiger partial charge on any atom is 0 e. The van der Waals surface area contributed by atoms with E-state index in [1.54, 1.807) is 0 Å². The monoisotopic (exact) mass is 299 g/mol. The Kier molecular flexibility index (Phi) is 20.0. The van der Waals surface area contributed by atoms with Gasteiger partial charge in [-0.25, -0.2) is 0 Å². The maximum absolute atomic E-state index is 7.39. The summed E-state index contributed by atoms with van der Waals surface area (Å²) < 4.78 is 1.92. The van der Waals surface area contributed by atoms with E-state index in [9.17, 15) is 0 Å². The molecule has 0 N–H and O–H groups in total. The standard InChI is InChI=1S/CN.Pb.Zn.H/c1-2;;;. The van der Waals surface area contributed by atoms with Crippen LogP contribution >= 0.6 is 0 Å². The van der Waals surface area contributed by atoms with Gasteiger partial charge in [0.25, 0.3) is 0 Å². The molecule has 0 aliphatic heterocycles.